The van der Waals surface area contributed by atoms with Crippen LogP contribution in [0.1, 0.15) is 46.0 Å². The fourth-order valence-corrected chi connectivity index (χ4v) is 4.80. The average Bonchev–Trinajstić information content (AvgIpc) is 2.77. The summed E-state index contributed by atoms with van der Waals surface area (Å²) < 4.78 is 0. The van der Waals surface area contributed by atoms with Gasteiger partial charge in [0, 0.05) is 24.7 Å². The van der Waals surface area contributed by atoms with E-state index >= 15 is 0 Å². The first kappa shape index (κ1) is 11.0. The smallest absolute Gasteiger partial charge is 0.0276 e. The minimum Gasteiger partial charge on any atom is -0.326 e. The van der Waals surface area contributed by atoms with Gasteiger partial charge in [0.2, 0.25) is 0 Å². The first-order valence-electron chi connectivity index (χ1n) is 7.16. The Morgan fingerprint density at radius 3 is 2.44 bits per heavy atom. The van der Waals surface area contributed by atoms with Gasteiger partial charge in [-0.1, -0.05) is 13.8 Å². The van der Waals surface area contributed by atoms with E-state index in [4.69, 9.17) is 5.73 Å². The Balaban J connectivity index is 1.73. The lowest BCUT2D eigenvalue weighted by Gasteiger charge is -2.46. The second kappa shape index (κ2) is 3.99. The molecule has 6 unspecified atom stereocenters. The van der Waals surface area contributed by atoms with Gasteiger partial charge in [-0.25, -0.2) is 0 Å². The predicted molar refractivity (Wildman–Crippen MR) is 67.2 cm³/mol. The fourth-order valence-electron chi connectivity index (χ4n) is 4.80. The summed E-state index contributed by atoms with van der Waals surface area (Å²) in [6, 6.07) is 2.00. The number of fused-ring (bicyclic) bond motifs is 2. The third-order valence-corrected chi connectivity index (χ3v) is 5.30. The number of nitrogens with zero attached hydrogens (tertiary/aromatic N) is 1. The van der Waals surface area contributed by atoms with Gasteiger partial charge >= 0.3 is 0 Å². The molecule has 3 aliphatic rings. The number of rotatable bonds is 1. The van der Waals surface area contributed by atoms with Crippen LogP contribution in [0.25, 0.3) is 0 Å². The van der Waals surface area contributed by atoms with E-state index in [1.807, 2.05) is 0 Å². The van der Waals surface area contributed by atoms with Gasteiger partial charge < -0.3 is 5.73 Å². The summed E-state index contributed by atoms with van der Waals surface area (Å²) in [6.07, 6.45) is 7.00. The zero-order valence-corrected chi connectivity index (χ0v) is 10.7. The van der Waals surface area contributed by atoms with Gasteiger partial charge in [-0.2, -0.15) is 0 Å². The van der Waals surface area contributed by atoms with Crippen molar-refractivity contribution in [1.29, 1.82) is 0 Å². The highest BCUT2D eigenvalue weighted by Gasteiger charge is 2.45. The van der Waals surface area contributed by atoms with Crippen LogP contribution in [0, 0.1) is 17.8 Å². The zero-order valence-electron chi connectivity index (χ0n) is 10.7. The van der Waals surface area contributed by atoms with Crippen molar-refractivity contribution in [3.05, 3.63) is 0 Å². The van der Waals surface area contributed by atoms with Gasteiger partial charge in [0.1, 0.15) is 0 Å². The number of nitrogens with two attached hydrogens (primary N) is 1. The molecule has 0 spiro atoms. The van der Waals surface area contributed by atoms with Crippen LogP contribution in [-0.2, 0) is 0 Å². The SMILES string of the molecule is CC1CC(C)C(N2CC3CCC2C3)C(N)C1. The molecule has 92 valence electrons. The number of likely N-dealkylation sites (tertiary alicyclic amines) is 1. The van der Waals surface area contributed by atoms with Gasteiger partial charge in [-0.15, -0.1) is 0 Å². The summed E-state index contributed by atoms with van der Waals surface area (Å²) in [5, 5.41) is 0. The number of hydrogen-bond donors (Lipinski definition) is 1. The zero-order chi connectivity index (χ0) is 11.3. The monoisotopic (exact) mass is 222 g/mol. The summed E-state index contributed by atoms with van der Waals surface area (Å²) >= 11 is 0. The van der Waals surface area contributed by atoms with Crippen molar-refractivity contribution >= 4 is 0 Å². The van der Waals surface area contributed by atoms with Gasteiger partial charge in [0.25, 0.3) is 0 Å². The second-order valence-electron chi connectivity index (χ2n) is 6.74. The van der Waals surface area contributed by atoms with E-state index in [1.54, 1.807) is 0 Å². The first-order chi connectivity index (χ1) is 7.65. The molecule has 2 aliphatic carbocycles. The van der Waals surface area contributed by atoms with Crippen LogP contribution in [0.4, 0.5) is 0 Å². The normalized spacial score (nSPS) is 53.4. The topological polar surface area (TPSA) is 29.3 Å². The summed E-state index contributed by atoms with van der Waals surface area (Å²) in [7, 11) is 0. The number of piperidine rings is 1. The Labute approximate surface area is 99.6 Å². The molecule has 2 N–H and O–H groups in total. The Kier molecular flexibility index (Phi) is 2.75. The van der Waals surface area contributed by atoms with Crippen LogP contribution in [-0.4, -0.2) is 29.6 Å². The Bertz CT molecular complexity index is 253. The largest absolute Gasteiger partial charge is 0.326 e. The molecule has 3 fully saturated rings. The molecule has 1 saturated heterocycles. The van der Waals surface area contributed by atoms with Crippen molar-refractivity contribution in [1.82, 2.24) is 4.90 Å². The highest BCUT2D eigenvalue weighted by atomic mass is 15.2. The Morgan fingerprint density at radius 1 is 1.06 bits per heavy atom. The molecule has 6 atom stereocenters. The van der Waals surface area contributed by atoms with Crippen molar-refractivity contribution in [3.63, 3.8) is 0 Å². The Morgan fingerprint density at radius 2 is 1.88 bits per heavy atom. The van der Waals surface area contributed by atoms with Crippen molar-refractivity contribution < 1.29 is 0 Å². The molecule has 1 aliphatic heterocycles. The Hall–Kier alpha value is -0.0800. The molecule has 3 rings (SSSR count). The van der Waals surface area contributed by atoms with E-state index in [9.17, 15) is 0 Å². The predicted octanol–water partition coefficient (Wildman–Crippen LogP) is 2.23. The molecule has 1 heterocycles. The lowest BCUT2D eigenvalue weighted by Crippen LogP contribution is -2.56. The highest BCUT2D eigenvalue weighted by Crippen LogP contribution is 2.42. The van der Waals surface area contributed by atoms with Crippen molar-refractivity contribution in [3.8, 4) is 0 Å². The van der Waals surface area contributed by atoms with Crippen LogP contribution in [0.5, 0.6) is 0 Å². The highest BCUT2D eigenvalue weighted by molar-refractivity contribution is 5.01. The minimum absolute atomic E-state index is 0.429. The molecule has 2 bridgehead atoms. The maximum atomic E-state index is 6.43. The lowest BCUT2D eigenvalue weighted by molar-refractivity contribution is 0.0515. The van der Waals surface area contributed by atoms with Gasteiger partial charge in [0.05, 0.1) is 0 Å². The summed E-state index contributed by atoms with van der Waals surface area (Å²) in [5.41, 5.74) is 6.43. The van der Waals surface area contributed by atoms with Gasteiger partial charge in [-0.05, 0) is 49.9 Å². The molecule has 0 aromatic rings. The summed E-state index contributed by atoms with van der Waals surface area (Å²) in [4.78, 5) is 2.79. The first-order valence-corrected chi connectivity index (χ1v) is 7.16. The van der Waals surface area contributed by atoms with Crippen LogP contribution >= 0.6 is 0 Å². The van der Waals surface area contributed by atoms with E-state index in [-0.39, 0.29) is 0 Å². The van der Waals surface area contributed by atoms with Crippen molar-refractivity contribution in [2.45, 2.75) is 64.1 Å². The molecule has 0 radical (unpaired) electrons. The van der Waals surface area contributed by atoms with E-state index in [1.165, 1.54) is 38.6 Å². The molecular weight excluding hydrogens is 196 g/mol. The maximum Gasteiger partial charge on any atom is 0.0276 e. The van der Waals surface area contributed by atoms with Crippen LogP contribution in [0.3, 0.4) is 0 Å². The van der Waals surface area contributed by atoms with Gasteiger partial charge in [-0.3, -0.25) is 4.90 Å². The molecule has 0 amide bonds. The lowest BCUT2D eigenvalue weighted by atomic mass is 9.76. The molecule has 2 nitrogen and oxygen atoms in total. The third-order valence-electron chi connectivity index (χ3n) is 5.30. The van der Waals surface area contributed by atoms with Crippen LogP contribution in [0.15, 0.2) is 0 Å². The average molecular weight is 222 g/mol. The second-order valence-corrected chi connectivity index (χ2v) is 6.74. The summed E-state index contributed by atoms with van der Waals surface area (Å²) in [5.74, 6) is 2.64. The molecular formula is C14H26N2. The van der Waals surface area contributed by atoms with Crippen molar-refractivity contribution in [2.24, 2.45) is 23.5 Å². The van der Waals surface area contributed by atoms with Gasteiger partial charge in [0.15, 0.2) is 0 Å². The minimum atomic E-state index is 0.429. The molecule has 0 aromatic heterocycles. The molecule has 2 heteroatoms. The fraction of sp³-hybridized carbons (Fsp3) is 1.00. The molecule has 0 aromatic carbocycles. The quantitative estimate of drug-likeness (QED) is 0.737. The van der Waals surface area contributed by atoms with E-state index < -0.39 is 0 Å². The standard InChI is InChI=1S/C14H26N2/c1-9-5-10(2)14(13(15)6-9)16-8-11-3-4-12(16)7-11/h9-14H,3-8,15H2,1-2H3. The molecule has 2 saturated carbocycles. The summed E-state index contributed by atoms with van der Waals surface area (Å²) in [6.45, 7) is 6.14. The number of hydrogen-bond acceptors (Lipinski definition) is 2. The van der Waals surface area contributed by atoms with E-state index in [0.29, 0.717) is 12.1 Å². The van der Waals surface area contributed by atoms with E-state index in [2.05, 4.69) is 18.7 Å². The molecule has 16 heavy (non-hydrogen) atoms. The van der Waals surface area contributed by atoms with E-state index in [0.717, 1.165) is 23.8 Å². The van der Waals surface area contributed by atoms with Crippen LogP contribution < -0.4 is 5.73 Å². The van der Waals surface area contributed by atoms with Crippen molar-refractivity contribution in [2.75, 3.05) is 6.54 Å². The third kappa shape index (κ3) is 1.70. The van der Waals surface area contributed by atoms with Crippen LogP contribution in [0.2, 0.25) is 0 Å². The maximum absolute atomic E-state index is 6.43.